The van der Waals surface area contributed by atoms with Crippen LogP contribution in [0.1, 0.15) is 20.8 Å². The van der Waals surface area contributed by atoms with E-state index in [1.807, 2.05) is 0 Å². The molecular formula is C10H13NO4S. The molecule has 1 amide bonds. The minimum Gasteiger partial charge on any atom is -0.480 e. The Morgan fingerprint density at radius 1 is 1.50 bits per heavy atom. The normalized spacial score (nSPS) is 29.2. The van der Waals surface area contributed by atoms with E-state index in [9.17, 15) is 14.7 Å². The predicted octanol–water partition coefficient (Wildman–Crippen LogP) is 0.400. The third-order valence-electron chi connectivity index (χ3n) is 2.75. The molecule has 0 aromatic carbocycles. The second-order valence-corrected chi connectivity index (χ2v) is 5.89. The van der Waals surface area contributed by atoms with Crippen molar-refractivity contribution in [2.45, 2.75) is 37.7 Å². The van der Waals surface area contributed by atoms with E-state index >= 15 is 0 Å². The summed E-state index contributed by atoms with van der Waals surface area (Å²) in [6.45, 7) is 4.83. The fourth-order valence-corrected chi connectivity index (χ4v) is 3.51. The second-order valence-electron chi connectivity index (χ2n) is 4.52. The number of fused-ring (bicyclic) bond motifs is 1. The van der Waals surface area contributed by atoms with Crippen molar-refractivity contribution in [3.05, 3.63) is 10.6 Å². The van der Waals surface area contributed by atoms with Crippen molar-refractivity contribution in [1.29, 1.82) is 0 Å². The molecule has 0 radical (unpaired) electrons. The predicted molar refractivity (Wildman–Crippen MR) is 58.6 cm³/mol. The Morgan fingerprint density at radius 2 is 2.06 bits per heavy atom. The topological polar surface area (TPSA) is 77.8 Å². The molecule has 2 rings (SSSR count). The number of hydrogen-bond acceptors (Lipinski definition) is 4. The highest BCUT2D eigenvalue weighted by molar-refractivity contribution is 8.04. The summed E-state index contributed by atoms with van der Waals surface area (Å²) in [4.78, 5) is 24.1. The zero-order chi connectivity index (χ0) is 12.2. The molecule has 0 aliphatic carbocycles. The molecule has 6 heteroatoms. The molecule has 2 N–H and O–H groups in total. The van der Waals surface area contributed by atoms with Crippen LogP contribution in [0.15, 0.2) is 10.6 Å². The first-order chi connectivity index (χ1) is 7.25. The number of aliphatic hydroxyl groups is 1. The summed E-state index contributed by atoms with van der Waals surface area (Å²) >= 11 is 1.33. The number of hydrogen-bond donors (Lipinski definition) is 2. The molecule has 0 aromatic rings. The largest absolute Gasteiger partial charge is 0.480 e. The van der Waals surface area contributed by atoms with Crippen LogP contribution in [0.5, 0.6) is 0 Å². The van der Waals surface area contributed by atoms with Crippen LogP contribution >= 0.6 is 11.8 Å². The van der Waals surface area contributed by atoms with E-state index in [0.717, 1.165) is 0 Å². The van der Waals surface area contributed by atoms with Gasteiger partial charge in [-0.15, -0.1) is 11.8 Å². The molecular weight excluding hydrogens is 230 g/mol. The number of aliphatic carboxylic acids is 1. The highest BCUT2D eigenvalue weighted by Crippen LogP contribution is 2.50. The third-order valence-corrected chi connectivity index (χ3v) is 4.00. The first-order valence-corrected chi connectivity index (χ1v) is 5.83. The summed E-state index contributed by atoms with van der Waals surface area (Å²) in [5.41, 5.74) is -0.878. The summed E-state index contributed by atoms with van der Waals surface area (Å²) in [6.07, 6.45) is 0. The van der Waals surface area contributed by atoms with Gasteiger partial charge in [-0.3, -0.25) is 9.69 Å². The Morgan fingerprint density at radius 3 is 2.50 bits per heavy atom. The number of carbonyl (C=O) groups excluding carboxylic acids is 1. The fraction of sp³-hybridized carbons (Fsp3) is 0.600. The lowest BCUT2D eigenvalue weighted by atomic mass is 9.92. The molecule has 1 fully saturated rings. The van der Waals surface area contributed by atoms with Gasteiger partial charge < -0.3 is 10.2 Å². The molecule has 88 valence electrons. The van der Waals surface area contributed by atoms with Gasteiger partial charge in [0, 0.05) is 5.25 Å². The molecule has 2 heterocycles. The van der Waals surface area contributed by atoms with Crippen LogP contribution in [0.25, 0.3) is 0 Å². The highest BCUT2D eigenvalue weighted by Gasteiger charge is 2.55. The van der Waals surface area contributed by atoms with E-state index < -0.39 is 17.6 Å². The lowest BCUT2D eigenvalue weighted by molar-refractivity contribution is -0.148. The van der Waals surface area contributed by atoms with Crippen LogP contribution in [-0.2, 0) is 9.59 Å². The number of nitrogens with zero attached hydrogens (tertiary/aromatic N) is 1. The molecule has 2 aliphatic rings. The van der Waals surface area contributed by atoms with Gasteiger partial charge in [0.05, 0.1) is 16.2 Å². The minimum atomic E-state index is -1.21. The lowest BCUT2D eigenvalue weighted by Crippen LogP contribution is -2.53. The maximum atomic E-state index is 11.8. The summed E-state index contributed by atoms with van der Waals surface area (Å²) in [5, 5.41) is 19.2. The fourth-order valence-electron chi connectivity index (χ4n) is 2.03. The van der Waals surface area contributed by atoms with Crippen molar-refractivity contribution in [3.63, 3.8) is 0 Å². The Balaban J connectivity index is 2.40. The van der Waals surface area contributed by atoms with E-state index in [1.165, 1.54) is 30.5 Å². The number of carbonyl (C=O) groups is 2. The maximum Gasteiger partial charge on any atom is 0.328 e. The van der Waals surface area contributed by atoms with E-state index in [-0.39, 0.29) is 11.2 Å². The van der Waals surface area contributed by atoms with Crippen LogP contribution in [0, 0.1) is 0 Å². The molecule has 2 aliphatic heterocycles. The second kappa shape index (κ2) is 3.24. The van der Waals surface area contributed by atoms with Crippen molar-refractivity contribution in [3.8, 4) is 0 Å². The van der Waals surface area contributed by atoms with Gasteiger partial charge in [-0.25, -0.2) is 4.79 Å². The van der Waals surface area contributed by atoms with Crippen molar-refractivity contribution in [2.75, 3.05) is 0 Å². The smallest absolute Gasteiger partial charge is 0.328 e. The van der Waals surface area contributed by atoms with Crippen LogP contribution < -0.4 is 0 Å². The molecule has 0 aromatic heterocycles. The van der Waals surface area contributed by atoms with Gasteiger partial charge in [-0.2, -0.15) is 0 Å². The van der Waals surface area contributed by atoms with Gasteiger partial charge in [-0.05, 0) is 13.8 Å². The molecule has 16 heavy (non-hydrogen) atoms. The standard InChI is InChI=1S/C10H13NO4S/c1-4-6(9(13)14)11-7(12)5(8(11)16-4)10(2,3)15/h4,6,15H,1-3H3,(H,13,14). The van der Waals surface area contributed by atoms with Gasteiger partial charge in [0.2, 0.25) is 0 Å². The Bertz CT molecular complexity index is 410. The highest BCUT2D eigenvalue weighted by atomic mass is 32.2. The number of carboxylic acids is 1. The zero-order valence-electron chi connectivity index (χ0n) is 9.22. The summed E-state index contributed by atoms with van der Waals surface area (Å²) in [5.74, 6) is -1.37. The first kappa shape index (κ1) is 11.5. The molecule has 2 unspecified atom stereocenters. The molecule has 2 atom stereocenters. The van der Waals surface area contributed by atoms with Crippen molar-refractivity contribution < 1.29 is 19.8 Å². The van der Waals surface area contributed by atoms with Gasteiger partial charge in [0.1, 0.15) is 6.04 Å². The van der Waals surface area contributed by atoms with Crippen molar-refractivity contribution >= 4 is 23.6 Å². The minimum absolute atomic E-state index is 0.184. The quantitative estimate of drug-likeness (QED) is 0.734. The Kier molecular flexibility index (Phi) is 2.32. The first-order valence-electron chi connectivity index (χ1n) is 4.95. The molecule has 0 saturated carbocycles. The van der Waals surface area contributed by atoms with Crippen LogP contribution in [0.2, 0.25) is 0 Å². The molecule has 5 nitrogen and oxygen atoms in total. The lowest BCUT2D eigenvalue weighted by Gasteiger charge is -2.37. The SMILES string of the molecule is CC1SC2=C(C(C)(C)O)C(=O)N2C1C(=O)O. The van der Waals surface area contributed by atoms with E-state index in [1.54, 1.807) is 6.92 Å². The average molecular weight is 243 g/mol. The van der Waals surface area contributed by atoms with Crippen LogP contribution in [0.3, 0.4) is 0 Å². The number of carboxylic acid groups (broad SMARTS) is 1. The van der Waals surface area contributed by atoms with Crippen LogP contribution in [0.4, 0.5) is 0 Å². The average Bonchev–Trinajstić information content (AvgIpc) is 2.36. The molecule has 0 spiro atoms. The molecule has 1 saturated heterocycles. The Labute approximate surface area is 97.1 Å². The molecule has 0 bridgehead atoms. The summed E-state index contributed by atoms with van der Waals surface area (Å²) in [7, 11) is 0. The van der Waals surface area contributed by atoms with Gasteiger partial charge in [0.25, 0.3) is 5.91 Å². The summed E-state index contributed by atoms with van der Waals surface area (Å²) in [6, 6.07) is -0.807. The van der Waals surface area contributed by atoms with Crippen molar-refractivity contribution in [1.82, 2.24) is 4.90 Å². The van der Waals surface area contributed by atoms with E-state index in [4.69, 9.17) is 5.11 Å². The maximum absolute atomic E-state index is 11.8. The number of amides is 1. The third kappa shape index (κ3) is 1.36. The zero-order valence-corrected chi connectivity index (χ0v) is 10.0. The van der Waals surface area contributed by atoms with Gasteiger partial charge in [-0.1, -0.05) is 6.92 Å². The van der Waals surface area contributed by atoms with Crippen molar-refractivity contribution in [2.24, 2.45) is 0 Å². The van der Waals surface area contributed by atoms with Gasteiger partial charge in [0.15, 0.2) is 0 Å². The number of rotatable bonds is 2. The van der Waals surface area contributed by atoms with Gasteiger partial charge >= 0.3 is 5.97 Å². The summed E-state index contributed by atoms with van der Waals surface area (Å²) < 4.78 is 0. The van der Waals surface area contributed by atoms with Crippen LogP contribution in [-0.4, -0.2) is 43.9 Å². The number of thioether (sulfide) groups is 1. The van der Waals surface area contributed by atoms with E-state index in [2.05, 4.69) is 0 Å². The van der Waals surface area contributed by atoms with E-state index in [0.29, 0.717) is 10.6 Å². The monoisotopic (exact) mass is 243 g/mol. The Hall–Kier alpha value is -1.01.